The van der Waals surface area contributed by atoms with Crippen molar-refractivity contribution in [2.24, 2.45) is 0 Å². The van der Waals surface area contributed by atoms with Crippen molar-refractivity contribution in [3.05, 3.63) is 29.8 Å². The number of carbonyl (C=O) groups excluding carboxylic acids is 2. The maximum atomic E-state index is 11.9. The summed E-state index contributed by atoms with van der Waals surface area (Å²) in [6.45, 7) is -0.00331. The fourth-order valence-corrected chi connectivity index (χ4v) is 2.79. The van der Waals surface area contributed by atoms with Crippen LogP contribution in [0.4, 0.5) is 0 Å². The maximum Gasteiger partial charge on any atom is 0.239 e. The Labute approximate surface area is 135 Å². The van der Waals surface area contributed by atoms with Crippen LogP contribution >= 0.6 is 11.8 Å². The lowest BCUT2D eigenvalue weighted by Crippen LogP contribution is -2.47. The van der Waals surface area contributed by atoms with Crippen molar-refractivity contribution < 1.29 is 14.3 Å². The molecule has 3 N–H and O–H groups in total. The lowest BCUT2D eigenvalue weighted by Gasteiger charge is -2.15. The first-order valence-corrected chi connectivity index (χ1v) is 8.12. The molecule has 0 aliphatic carbocycles. The van der Waals surface area contributed by atoms with Crippen molar-refractivity contribution in [3.8, 4) is 5.75 Å². The van der Waals surface area contributed by atoms with E-state index in [0.29, 0.717) is 5.75 Å². The number of hydrogen-bond donors (Lipinski definition) is 3. The van der Waals surface area contributed by atoms with Crippen LogP contribution in [-0.2, 0) is 15.3 Å². The highest BCUT2D eigenvalue weighted by molar-refractivity contribution is 7.98. The van der Waals surface area contributed by atoms with E-state index >= 15 is 0 Å². The average molecular weight is 325 g/mol. The van der Waals surface area contributed by atoms with Crippen LogP contribution in [0.15, 0.2) is 24.3 Å². The van der Waals surface area contributed by atoms with Crippen LogP contribution in [0.1, 0.15) is 5.56 Å². The van der Waals surface area contributed by atoms with Crippen LogP contribution in [0.3, 0.4) is 0 Å². The van der Waals surface area contributed by atoms with Gasteiger partial charge in [-0.2, -0.15) is 11.8 Å². The molecule has 0 radical (unpaired) electrons. The van der Waals surface area contributed by atoms with E-state index in [2.05, 4.69) is 16.0 Å². The largest absolute Gasteiger partial charge is 0.497 e. The van der Waals surface area contributed by atoms with Gasteiger partial charge in [0.2, 0.25) is 11.8 Å². The molecular weight excluding hydrogens is 302 g/mol. The van der Waals surface area contributed by atoms with Gasteiger partial charge in [0.1, 0.15) is 5.75 Å². The van der Waals surface area contributed by atoms with Crippen LogP contribution in [-0.4, -0.2) is 51.4 Å². The predicted octanol–water partition coefficient (Wildman–Crippen LogP) is 0.379. The first kappa shape index (κ1) is 18.3. The molecule has 1 aromatic carbocycles. The van der Waals surface area contributed by atoms with E-state index in [-0.39, 0.29) is 24.4 Å². The van der Waals surface area contributed by atoms with Gasteiger partial charge < -0.3 is 20.7 Å². The fraction of sp³-hybridized carbons (Fsp3) is 0.467. The fourth-order valence-electron chi connectivity index (χ4n) is 1.69. The quantitative estimate of drug-likeness (QED) is 0.612. The zero-order valence-electron chi connectivity index (χ0n) is 13.1. The zero-order valence-corrected chi connectivity index (χ0v) is 14.0. The highest BCUT2D eigenvalue weighted by atomic mass is 32.2. The van der Waals surface area contributed by atoms with E-state index < -0.39 is 0 Å². The van der Waals surface area contributed by atoms with Crippen LogP contribution in [0.2, 0.25) is 0 Å². The van der Waals surface area contributed by atoms with Crippen LogP contribution in [0, 0.1) is 0 Å². The van der Waals surface area contributed by atoms with Gasteiger partial charge in [0, 0.05) is 18.6 Å². The molecule has 0 bridgehead atoms. The molecule has 0 fully saturated rings. The molecule has 1 aromatic rings. The number of carbonyl (C=O) groups is 2. The molecule has 0 heterocycles. The molecule has 0 saturated heterocycles. The molecule has 0 aliphatic heterocycles. The molecule has 0 aliphatic rings. The van der Waals surface area contributed by atoms with Gasteiger partial charge in [-0.25, -0.2) is 0 Å². The van der Waals surface area contributed by atoms with Gasteiger partial charge in [0.15, 0.2) is 0 Å². The van der Waals surface area contributed by atoms with Gasteiger partial charge in [-0.05, 0) is 24.7 Å². The average Bonchev–Trinajstić information content (AvgIpc) is 2.56. The third-order valence-corrected chi connectivity index (χ3v) is 4.19. The molecule has 0 spiro atoms. The number of rotatable bonds is 9. The standard InChI is InChI=1S/C15H23N3O3S/c1-16-13(15(20)18-8-14(19)17-2)10-22-9-11-4-6-12(21-3)7-5-11/h4-7,13,16H,8-10H2,1-3H3,(H,17,19)(H,18,20)/t13-/m0/s1. The van der Waals surface area contributed by atoms with Gasteiger partial charge >= 0.3 is 0 Å². The van der Waals surface area contributed by atoms with E-state index in [1.54, 1.807) is 25.9 Å². The third kappa shape index (κ3) is 6.36. The van der Waals surface area contributed by atoms with Crippen molar-refractivity contribution >= 4 is 23.6 Å². The molecule has 0 saturated carbocycles. The van der Waals surface area contributed by atoms with Crippen LogP contribution < -0.4 is 20.7 Å². The van der Waals surface area contributed by atoms with Crippen molar-refractivity contribution in [3.63, 3.8) is 0 Å². The van der Waals surface area contributed by atoms with Crippen LogP contribution in [0.25, 0.3) is 0 Å². The monoisotopic (exact) mass is 325 g/mol. The second-order valence-electron chi connectivity index (χ2n) is 4.60. The summed E-state index contributed by atoms with van der Waals surface area (Å²) in [4.78, 5) is 23.1. The Balaban J connectivity index is 2.36. The molecule has 122 valence electrons. The van der Waals surface area contributed by atoms with E-state index in [0.717, 1.165) is 11.5 Å². The lowest BCUT2D eigenvalue weighted by atomic mass is 10.2. The van der Waals surface area contributed by atoms with Gasteiger partial charge in [-0.15, -0.1) is 0 Å². The first-order chi connectivity index (χ1) is 10.6. The molecule has 6 nitrogen and oxygen atoms in total. The maximum absolute atomic E-state index is 11.9. The molecule has 2 amide bonds. The Bertz CT molecular complexity index is 479. The number of likely N-dealkylation sites (N-methyl/N-ethyl adjacent to an activating group) is 2. The SMILES string of the molecule is CNC(=O)CNC(=O)[C@H](CSCc1ccc(OC)cc1)NC. The van der Waals surface area contributed by atoms with Crippen molar-refractivity contribution in [2.75, 3.05) is 33.5 Å². The van der Waals surface area contributed by atoms with Crippen molar-refractivity contribution in [1.29, 1.82) is 0 Å². The van der Waals surface area contributed by atoms with Gasteiger partial charge in [0.25, 0.3) is 0 Å². The Morgan fingerprint density at radius 3 is 2.45 bits per heavy atom. The second kappa shape index (κ2) is 10.1. The molecule has 22 heavy (non-hydrogen) atoms. The number of amides is 2. The van der Waals surface area contributed by atoms with Gasteiger partial charge in [0.05, 0.1) is 19.7 Å². The summed E-state index contributed by atoms with van der Waals surface area (Å²) in [5, 5.41) is 8.03. The molecular formula is C15H23N3O3S. The molecule has 1 rings (SSSR count). The van der Waals surface area contributed by atoms with Crippen molar-refractivity contribution in [1.82, 2.24) is 16.0 Å². The number of thioether (sulfide) groups is 1. The Morgan fingerprint density at radius 1 is 1.23 bits per heavy atom. The summed E-state index contributed by atoms with van der Waals surface area (Å²) in [5.74, 6) is 1.88. The topological polar surface area (TPSA) is 79.5 Å². The minimum atomic E-state index is -0.326. The summed E-state index contributed by atoms with van der Waals surface area (Å²) in [6, 6.07) is 7.52. The van der Waals surface area contributed by atoms with Gasteiger partial charge in [-0.3, -0.25) is 9.59 Å². The summed E-state index contributed by atoms with van der Waals surface area (Å²) >= 11 is 1.66. The highest BCUT2D eigenvalue weighted by Gasteiger charge is 2.16. The first-order valence-electron chi connectivity index (χ1n) is 6.97. The molecule has 1 atom stereocenters. The minimum absolute atomic E-state index is 0.00331. The summed E-state index contributed by atoms with van der Waals surface area (Å²) in [5.41, 5.74) is 1.17. The number of hydrogen-bond acceptors (Lipinski definition) is 5. The minimum Gasteiger partial charge on any atom is -0.497 e. The molecule has 7 heteroatoms. The van der Waals surface area contributed by atoms with E-state index in [9.17, 15) is 9.59 Å². The lowest BCUT2D eigenvalue weighted by molar-refractivity contribution is -0.126. The third-order valence-electron chi connectivity index (χ3n) is 3.08. The molecule has 0 unspecified atom stereocenters. The summed E-state index contributed by atoms with van der Waals surface area (Å²) in [6.07, 6.45) is 0. The second-order valence-corrected chi connectivity index (χ2v) is 5.63. The summed E-state index contributed by atoms with van der Waals surface area (Å²) < 4.78 is 5.11. The number of ether oxygens (including phenoxy) is 1. The zero-order chi connectivity index (χ0) is 16.4. The normalized spacial score (nSPS) is 11.6. The number of methoxy groups -OCH3 is 1. The predicted molar refractivity (Wildman–Crippen MR) is 89.1 cm³/mol. The summed E-state index contributed by atoms with van der Waals surface area (Å²) in [7, 11) is 4.91. The van der Waals surface area contributed by atoms with Crippen LogP contribution in [0.5, 0.6) is 5.75 Å². The highest BCUT2D eigenvalue weighted by Crippen LogP contribution is 2.17. The van der Waals surface area contributed by atoms with E-state index in [1.165, 1.54) is 12.6 Å². The molecule has 0 aromatic heterocycles. The van der Waals surface area contributed by atoms with E-state index in [4.69, 9.17) is 4.74 Å². The van der Waals surface area contributed by atoms with E-state index in [1.807, 2.05) is 24.3 Å². The Kier molecular flexibility index (Phi) is 8.39. The number of benzene rings is 1. The van der Waals surface area contributed by atoms with Crippen molar-refractivity contribution in [2.45, 2.75) is 11.8 Å². The Hall–Kier alpha value is -1.73. The smallest absolute Gasteiger partial charge is 0.239 e. The van der Waals surface area contributed by atoms with Gasteiger partial charge in [-0.1, -0.05) is 12.1 Å². The number of nitrogens with one attached hydrogen (secondary N) is 3. The Morgan fingerprint density at radius 2 is 1.91 bits per heavy atom.